The summed E-state index contributed by atoms with van der Waals surface area (Å²) in [4.78, 5) is 12.9. The first-order valence-electron chi connectivity index (χ1n) is 5.78. The third kappa shape index (κ3) is 4.05. The molecule has 0 fully saturated rings. The molecule has 0 aliphatic rings. The molecule has 2 heterocycles. The molecule has 0 bridgehead atoms. The number of nitrogens with zero attached hydrogens (tertiary/aromatic N) is 1. The molecule has 19 heavy (non-hydrogen) atoms. The highest BCUT2D eigenvalue weighted by molar-refractivity contribution is 7.13. The zero-order valence-corrected chi connectivity index (χ0v) is 12.2. The second-order valence-electron chi connectivity index (χ2n) is 4.20. The Morgan fingerprint density at radius 3 is 3.05 bits per heavy atom. The van der Waals surface area contributed by atoms with E-state index in [9.17, 15) is 4.79 Å². The number of H-pyrrole nitrogens is 1. The number of hydrogen-bond acceptors (Lipinski definition) is 4. The number of nitrogens with one attached hydrogen (secondary N) is 2. The van der Waals surface area contributed by atoms with Crippen LogP contribution in [-0.4, -0.2) is 29.2 Å². The Morgan fingerprint density at radius 2 is 2.42 bits per heavy atom. The first-order valence-corrected chi connectivity index (χ1v) is 6.66. The van der Waals surface area contributed by atoms with Crippen LogP contribution >= 0.6 is 23.7 Å². The zero-order valence-electron chi connectivity index (χ0n) is 10.6. The standard InChI is InChI=1S/C12H16N4OS.ClH/c1-8(6-13)7-14-12(17)10-5-9(15-16-10)11-3-2-4-18-11;/h2-5,8H,6-7,13H2,1H3,(H,14,17)(H,15,16);1H. The number of carbonyl (C=O) groups is 1. The maximum atomic E-state index is 11.8. The Labute approximate surface area is 122 Å². The fraction of sp³-hybridized carbons (Fsp3) is 0.333. The molecule has 0 aliphatic heterocycles. The number of carbonyl (C=O) groups excluding carboxylic acids is 1. The minimum atomic E-state index is -0.172. The highest BCUT2D eigenvalue weighted by Crippen LogP contribution is 2.22. The van der Waals surface area contributed by atoms with Crippen LogP contribution in [0.3, 0.4) is 0 Å². The van der Waals surface area contributed by atoms with Gasteiger partial charge in [0.05, 0.1) is 10.6 Å². The van der Waals surface area contributed by atoms with Gasteiger partial charge in [-0.3, -0.25) is 9.89 Å². The number of aromatic nitrogens is 2. The van der Waals surface area contributed by atoms with Crippen molar-refractivity contribution in [2.24, 2.45) is 11.7 Å². The van der Waals surface area contributed by atoms with Crippen LogP contribution in [0.15, 0.2) is 23.6 Å². The lowest BCUT2D eigenvalue weighted by atomic mass is 10.2. The van der Waals surface area contributed by atoms with Gasteiger partial charge in [-0.05, 0) is 30.0 Å². The first kappa shape index (κ1) is 15.7. The maximum absolute atomic E-state index is 11.8. The van der Waals surface area contributed by atoms with Crippen LogP contribution in [0, 0.1) is 5.92 Å². The molecule has 4 N–H and O–H groups in total. The normalized spacial score (nSPS) is 11.7. The molecule has 5 nitrogen and oxygen atoms in total. The monoisotopic (exact) mass is 300 g/mol. The second kappa shape index (κ2) is 7.28. The van der Waals surface area contributed by atoms with Crippen LogP contribution in [0.5, 0.6) is 0 Å². The summed E-state index contributed by atoms with van der Waals surface area (Å²) in [5.74, 6) is 0.0963. The predicted molar refractivity (Wildman–Crippen MR) is 79.7 cm³/mol. The van der Waals surface area contributed by atoms with Crippen molar-refractivity contribution in [3.8, 4) is 10.6 Å². The molecule has 1 atom stereocenters. The van der Waals surface area contributed by atoms with Crippen molar-refractivity contribution in [2.45, 2.75) is 6.92 Å². The van der Waals surface area contributed by atoms with Gasteiger partial charge in [-0.15, -0.1) is 23.7 Å². The summed E-state index contributed by atoms with van der Waals surface area (Å²) in [6.07, 6.45) is 0. The van der Waals surface area contributed by atoms with Gasteiger partial charge in [0.15, 0.2) is 5.69 Å². The van der Waals surface area contributed by atoms with Crippen molar-refractivity contribution < 1.29 is 4.79 Å². The van der Waals surface area contributed by atoms with Gasteiger partial charge < -0.3 is 11.1 Å². The summed E-state index contributed by atoms with van der Waals surface area (Å²) in [6.45, 7) is 3.11. The predicted octanol–water partition coefficient (Wildman–Crippen LogP) is 1.88. The van der Waals surface area contributed by atoms with Crippen LogP contribution in [0.4, 0.5) is 0 Å². The molecular weight excluding hydrogens is 284 g/mol. The molecule has 2 rings (SSSR count). The average Bonchev–Trinajstić information content (AvgIpc) is 3.04. The SMILES string of the molecule is CC(CN)CNC(=O)c1cc(-c2cccs2)[nH]n1.Cl. The van der Waals surface area contributed by atoms with Crippen molar-refractivity contribution in [1.82, 2.24) is 15.5 Å². The minimum Gasteiger partial charge on any atom is -0.350 e. The first-order chi connectivity index (χ1) is 8.70. The Balaban J connectivity index is 0.00000180. The van der Waals surface area contributed by atoms with Crippen molar-refractivity contribution in [1.29, 1.82) is 0 Å². The minimum absolute atomic E-state index is 0. The highest BCUT2D eigenvalue weighted by atomic mass is 35.5. The van der Waals surface area contributed by atoms with E-state index in [1.54, 1.807) is 17.4 Å². The van der Waals surface area contributed by atoms with Gasteiger partial charge in [0.25, 0.3) is 5.91 Å². The number of rotatable bonds is 5. The Morgan fingerprint density at radius 1 is 1.63 bits per heavy atom. The van der Waals surface area contributed by atoms with Gasteiger partial charge in [-0.25, -0.2) is 0 Å². The summed E-state index contributed by atoms with van der Waals surface area (Å²) in [7, 11) is 0. The van der Waals surface area contributed by atoms with Gasteiger partial charge in [-0.1, -0.05) is 13.0 Å². The molecule has 1 unspecified atom stereocenters. The van der Waals surface area contributed by atoms with E-state index < -0.39 is 0 Å². The average molecular weight is 301 g/mol. The molecule has 0 aliphatic carbocycles. The Hall–Kier alpha value is -1.37. The second-order valence-corrected chi connectivity index (χ2v) is 5.14. The van der Waals surface area contributed by atoms with E-state index in [2.05, 4.69) is 15.5 Å². The van der Waals surface area contributed by atoms with Gasteiger partial charge in [-0.2, -0.15) is 5.10 Å². The Kier molecular flexibility index (Phi) is 6.01. The van der Waals surface area contributed by atoms with E-state index in [4.69, 9.17) is 5.73 Å². The summed E-state index contributed by atoms with van der Waals surface area (Å²) in [6, 6.07) is 5.70. The number of aromatic amines is 1. The lowest BCUT2D eigenvalue weighted by Gasteiger charge is -2.08. The topological polar surface area (TPSA) is 83.8 Å². The maximum Gasteiger partial charge on any atom is 0.271 e. The van der Waals surface area contributed by atoms with Crippen LogP contribution in [0.2, 0.25) is 0 Å². The molecule has 0 radical (unpaired) electrons. The smallest absolute Gasteiger partial charge is 0.271 e. The largest absolute Gasteiger partial charge is 0.350 e. The van der Waals surface area contributed by atoms with Gasteiger partial charge >= 0.3 is 0 Å². The highest BCUT2D eigenvalue weighted by Gasteiger charge is 2.12. The van der Waals surface area contributed by atoms with E-state index in [1.807, 2.05) is 24.4 Å². The third-order valence-corrected chi connectivity index (χ3v) is 3.51. The summed E-state index contributed by atoms with van der Waals surface area (Å²) < 4.78 is 0. The quantitative estimate of drug-likeness (QED) is 0.788. The molecule has 0 saturated carbocycles. The van der Waals surface area contributed by atoms with Crippen LogP contribution in [0.25, 0.3) is 10.6 Å². The van der Waals surface area contributed by atoms with Crippen LogP contribution in [-0.2, 0) is 0 Å². The molecule has 104 valence electrons. The van der Waals surface area contributed by atoms with E-state index >= 15 is 0 Å². The number of amides is 1. The lowest BCUT2D eigenvalue weighted by Crippen LogP contribution is -2.31. The number of halogens is 1. The summed E-state index contributed by atoms with van der Waals surface area (Å²) in [5, 5.41) is 11.7. The fourth-order valence-electron chi connectivity index (χ4n) is 1.44. The zero-order chi connectivity index (χ0) is 13.0. The van der Waals surface area contributed by atoms with Gasteiger partial charge in [0.1, 0.15) is 0 Å². The van der Waals surface area contributed by atoms with Crippen molar-refractivity contribution in [2.75, 3.05) is 13.1 Å². The number of thiophene rings is 1. The summed E-state index contributed by atoms with van der Waals surface area (Å²) in [5.41, 5.74) is 6.76. The van der Waals surface area contributed by atoms with E-state index in [0.29, 0.717) is 18.8 Å². The van der Waals surface area contributed by atoms with E-state index in [-0.39, 0.29) is 24.2 Å². The Bertz CT molecular complexity index is 512. The van der Waals surface area contributed by atoms with Crippen molar-refractivity contribution in [3.63, 3.8) is 0 Å². The number of nitrogens with two attached hydrogens (primary N) is 1. The van der Waals surface area contributed by atoms with Gasteiger partial charge in [0, 0.05) is 6.54 Å². The molecule has 2 aromatic heterocycles. The number of hydrogen-bond donors (Lipinski definition) is 3. The molecule has 0 aromatic carbocycles. The molecule has 0 saturated heterocycles. The molecule has 7 heteroatoms. The van der Waals surface area contributed by atoms with Crippen molar-refractivity contribution in [3.05, 3.63) is 29.3 Å². The van der Waals surface area contributed by atoms with E-state index in [0.717, 1.165) is 10.6 Å². The lowest BCUT2D eigenvalue weighted by molar-refractivity contribution is 0.0943. The fourth-order valence-corrected chi connectivity index (χ4v) is 2.13. The van der Waals surface area contributed by atoms with E-state index in [1.165, 1.54) is 0 Å². The molecule has 0 spiro atoms. The van der Waals surface area contributed by atoms with Crippen molar-refractivity contribution >= 4 is 29.7 Å². The van der Waals surface area contributed by atoms with Crippen LogP contribution < -0.4 is 11.1 Å². The molecular formula is C12H17ClN4OS. The molecule has 1 amide bonds. The van der Waals surface area contributed by atoms with Crippen LogP contribution in [0.1, 0.15) is 17.4 Å². The van der Waals surface area contributed by atoms with Gasteiger partial charge in [0.2, 0.25) is 0 Å². The molecule has 2 aromatic rings. The third-order valence-electron chi connectivity index (χ3n) is 2.61. The summed E-state index contributed by atoms with van der Waals surface area (Å²) >= 11 is 1.60.